The smallest absolute Gasteiger partial charge is 0.264 e. The molecule has 1 atom stereocenters. The highest BCUT2D eigenvalue weighted by Gasteiger charge is 2.36. The first-order valence-electron chi connectivity index (χ1n) is 10.1. The Labute approximate surface area is 176 Å². The van der Waals surface area contributed by atoms with Crippen LogP contribution in [-0.4, -0.2) is 44.3 Å². The Morgan fingerprint density at radius 3 is 2.33 bits per heavy atom. The summed E-state index contributed by atoms with van der Waals surface area (Å²) in [6.07, 6.45) is 1.70. The minimum atomic E-state index is -3.67. The van der Waals surface area contributed by atoms with Crippen molar-refractivity contribution in [3.05, 3.63) is 59.7 Å². The first-order chi connectivity index (χ1) is 14.3. The second kappa shape index (κ2) is 7.75. The molecule has 0 spiro atoms. The van der Waals surface area contributed by atoms with Crippen molar-refractivity contribution in [2.75, 3.05) is 17.4 Å². The van der Waals surface area contributed by atoms with E-state index >= 15 is 0 Å². The van der Waals surface area contributed by atoms with E-state index in [2.05, 4.69) is 0 Å². The number of benzene rings is 2. The maximum Gasteiger partial charge on any atom is 0.264 e. The summed E-state index contributed by atoms with van der Waals surface area (Å²) in [5.41, 5.74) is 7.38. The van der Waals surface area contributed by atoms with Gasteiger partial charge in [0.1, 0.15) is 0 Å². The number of piperidine rings is 1. The van der Waals surface area contributed by atoms with Crippen LogP contribution in [0.1, 0.15) is 35.7 Å². The number of amides is 2. The monoisotopic (exact) mass is 427 g/mol. The zero-order valence-electron chi connectivity index (χ0n) is 16.8. The third-order valence-corrected chi connectivity index (χ3v) is 7.91. The molecule has 2 aliphatic rings. The maximum absolute atomic E-state index is 13.2. The number of sulfonamides is 1. The minimum absolute atomic E-state index is 0.0993. The van der Waals surface area contributed by atoms with Crippen LogP contribution in [0.2, 0.25) is 0 Å². The quantitative estimate of drug-likeness (QED) is 0.808. The highest BCUT2D eigenvalue weighted by molar-refractivity contribution is 7.92. The van der Waals surface area contributed by atoms with Crippen LogP contribution in [0, 0.1) is 5.92 Å². The summed E-state index contributed by atoms with van der Waals surface area (Å²) in [7, 11) is -3.67. The van der Waals surface area contributed by atoms with Crippen molar-refractivity contribution in [3.8, 4) is 0 Å². The minimum Gasteiger partial charge on any atom is -0.369 e. The molecule has 0 aliphatic carbocycles. The zero-order valence-corrected chi connectivity index (χ0v) is 17.6. The van der Waals surface area contributed by atoms with Gasteiger partial charge in [-0.2, -0.15) is 0 Å². The Morgan fingerprint density at radius 2 is 1.70 bits per heavy atom. The van der Waals surface area contributed by atoms with Gasteiger partial charge < -0.3 is 10.6 Å². The molecule has 0 aromatic heterocycles. The van der Waals surface area contributed by atoms with Gasteiger partial charge in [-0.3, -0.25) is 13.9 Å². The van der Waals surface area contributed by atoms with Crippen molar-refractivity contribution in [1.29, 1.82) is 0 Å². The number of hydrogen-bond donors (Lipinski definition) is 1. The Hall–Kier alpha value is -2.87. The summed E-state index contributed by atoms with van der Waals surface area (Å²) < 4.78 is 27.8. The maximum atomic E-state index is 13.2. The van der Waals surface area contributed by atoms with Crippen molar-refractivity contribution >= 4 is 27.5 Å². The summed E-state index contributed by atoms with van der Waals surface area (Å²) in [4.78, 5) is 26.3. The number of hydrogen-bond acceptors (Lipinski definition) is 4. The van der Waals surface area contributed by atoms with Crippen molar-refractivity contribution in [2.45, 2.75) is 37.1 Å². The van der Waals surface area contributed by atoms with Crippen LogP contribution in [-0.2, 0) is 21.2 Å². The molecule has 2 aromatic carbocycles. The van der Waals surface area contributed by atoms with Gasteiger partial charge in [-0.15, -0.1) is 0 Å². The average Bonchev–Trinajstić information content (AvgIpc) is 3.09. The van der Waals surface area contributed by atoms with E-state index in [9.17, 15) is 18.0 Å². The lowest BCUT2D eigenvalue weighted by Crippen LogP contribution is -2.41. The van der Waals surface area contributed by atoms with E-state index in [0.717, 1.165) is 5.56 Å². The van der Waals surface area contributed by atoms with Gasteiger partial charge in [-0.1, -0.05) is 18.2 Å². The fourth-order valence-corrected chi connectivity index (χ4v) is 6.07. The number of anilines is 1. The molecule has 1 fully saturated rings. The van der Waals surface area contributed by atoms with Crippen LogP contribution in [0.25, 0.3) is 0 Å². The zero-order chi connectivity index (χ0) is 21.5. The van der Waals surface area contributed by atoms with Gasteiger partial charge in [0.2, 0.25) is 5.91 Å². The van der Waals surface area contributed by atoms with E-state index in [4.69, 9.17) is 5.73 Å². The van der Waals surface area contributed by atoms with Gasteiger partial charge in [-0.05, 0) is 62.1 Å². The summed E-state index contributed by atoms with van der Waals surface area (Å²) in [6.45, 7) is 2.86. The Morgan fingerprint density at radius 1 is 1.03 bits per heavy atom. The van der Waals surface area contributed by atoms with E-state index in [0.29, 0.717) is 43.6 Å². The molecule has 1 saturated heterocycles. The number of carbonyl (C=O) groups is 2. The topological polar surface area (TPSA) is 101 Å². The highest BCUT2D eigenvalue weighted by Crippen LogP contribution is 2.37. The Bertz CT molecular complexity index is 1080. The van der Waals surface area contributed by atoms with E-state index < -0.39 is 10.0 Å². The molecule has 4 rings (SSSR count). The number of fused-ring (bicyclic) bond motifs is 1. The molecule has 8 heteroatoms. The van der Waals surface area contributed by atoms with E-state index in [-0.39, 0.29) is 28.7 Å². The molecule has 2 aliphatic heterocycles. The summed E-state index contributed by atoms with van der Waals surface area (Å²) in [5.74, 6) is -0.585. The molecule has 0 unspecified atom stereocenters. The molecule has 2 amide bonds. The van der Waals surface area contributed by atoms with Crippen LogP contribution in [0.3, 0.4) is 0 Å². The first-order valence-corrected chi connectivity index (χ1v) is 11.5. The standard InChI is InChI=1S/C22H25N3O4S/c1-15-13-18-14-17(22(27)24-11-9-16(10-12-24)21(23)26)7-8-20(18)25(15)30(28,29)19-5-3-2-4-6-19/h2-8,14-16H,9-13H2,1H3,(H2,23,26)/t15-/m0/s1. The van der Waals surface area contributed by atoms with Crippen LogP contribution in [0.4, 0.5) is 5.69 Å². The number of rotatable bonds is 4. The average molecular weight is 428 g/mol. The van der Waals surface area contributed by atoms with E-state index in [1.165, 1.54) is 4.31 Å². The number of nitrogens with two attached hydrogens (primary N) is 1. The SMILES string of the molecule is C[C@H]1Cc2cc(C(=O)N3CCC(C(N)=O)CC3)ccc2N1S(=O)(=O)c1ccccc1. The van der Waals surface area contributed by atoms with Crippen LogP contribution in [0.15, 0.2) is 53.4 Å². The van der Waals surface area contributed by atoms with Gasteiger partial charge in [0.15, 0.2) is 0 Å². The van der Waals surface area contributed by atoms with Crippen molar-refractivity contribution in [1.82, 2.24) is 4.90 Å². The lowest BCUT2D eigenvalue weighted by Gasteiger charge is -2.30. The molecule has 0 bridgehead atoms. The number of nitrogens with zero attached hydrogens (tertiary/aromatic N) is 2. The number of primary amides is 1. The molecule has 30 heavy (non-hydrogen) atoms. The normalized spacial score (nSPS) is 19.6. The largest absolute Gasteiger partial charge is 0.369 e. The second-order valence-corrected chi connectivity index (χ2v) is 9.79. The third-order valence-electron chi connectivity index (χ3n) is 5.96. The molecule has 0 radical (unpaired) electrons. The van der Waals surface area contributed by atoms with Gasteiger partial charge in [-0.25, -0.2) is 8.42 Å². The van der Waals surface area contributed by atoms with E-state index in [1.54, 1.807) is 53.4 Å². The van der Waals surface area contributed by atoms with Gasteiger partial charge in [0.05, 0.1) is 10.6 Å². The number of likely N-dealkylation sites (tertiary alicyclic amines) is 1. The molecule has 158 valence electrons. The van der Waals surface area contributed by atoms with Gasteiger partial charge in [0, 0.05) is 30.6 Å². The molecule has 2 heterocycles. The van der Waals surface area contributed by atoms with Crippen LogP contribution < -0.4 is 10.0 Å². The van der Waals surface area contributed by atoms with Crippen LogP contribution >= 0.6 is 0 Å². The molecular formula is C22H25N3O4S. The lowest BCUT2D eigenvalue weighted by atomic mass is 9.95. The lowest BCUT2D eigenvalue weighted by molar-refractivity contribution is -0.123. The molecule has 7 nitrogen and oxygen atoms in total. The van der Waals surface area contributed by atoms with Gasteiger partial charge in [0.25, 0.3) is 15.9 Å². The second-order valence-electron chi connectivity index (χ2n) is 7.98. The molecule has 2 N–H and O–H groups in total. The Balaban J connectivity index is 1.57. The number of carbonyl (C=O) groups excluding carboxylic acids is 2. The summed E-state index contributed by atoms with van der Waals surface area (Å²) in [5, 5.41) is 0. The van der Waals surface area contributed by atoms with Crippen molar-refractivity contribution in [3.63, 3.8) is 0 Å². The molecule has 2 aromatic rings. The fourth-order valence-electron chi connectivity index (χ4n) is 4.36. The highest BCUT2D eigenvalue weighted by atomic mass is 32.2. The predicted octanol–water partition coefficient (Wildman–Crippen LogP) is 2.16. The fraction of sp³-hybridized carbons (Fsp3) is 0.364. The predicted molar refractivity (Wildman–Crippen MR) is 114 cm³/mol. The third kappa shape index (κ3) is 3.56. The summed E-state index contributed by atoms with van der Waals surface area (Å²) >= 11 is 0. The first kappa shape index (κ1) is 20.4. The van der Waals surface area contributed by atoms with Gasteiger partial charge >= 0.3 is 0 Å². The summed E-state index contributed by atoms with van der Waals surface area (Å²) in [6, 6.07) is 13.4. The molecular weight excluding hydrogens is 402 g/mol. The van der Waals surface area contributed by atoms with Crippen molar-refractivity contribution in [2.24, 2.45) is 11.7 Å². The molecule has 0 saturated carbocycles. The van der Waals surface area contributed by atoms with Crippen molar-refractivity contribution < 1.29 is 18.0 Å². The van der Waals surface area contributed by atoms with Crippen LogP contribution in [0.5, 0.6) is 0 Å². The van der Waals surface area contributed by atoms with E-state index in [1.807, 2.05) is 6.92 Å². The Kier molecular flexibility index (Phi) is 5.27.